The molecule has 2 aliphatic rings. The molecule has 194 valence electrons. The Kier molecular flexibility index (Phi) is 6.84. The lowest BCUT2D eigenvalue weighted by Crippen LogP contribution is -2.39. The fourth-order valence-electron chi connectivity index (χ4n) is 5.74. The lowest BCUT2D eigenvalue weighted by atomic mass is 9.85. The number of ether oxygens (including phenoxy) is 3. The number of methoxy groups -OCH3 is 2. The molecule has 0 aliphatic carbocycles. The number of fused-ring (bicyclic) bond motifs is 6. The Morgan fingerprint density at radius 3 is 2.54 bits per heavy atom. The van der Waals surface area contributed by atoms with E-state index < -0.39 is 0 Å². The highest BCUT2D eigenvalue weighted by Crippen LogP contribution is 2.45. The van der Waals surface area contributed by atoms with Crippen LogP contribution in [0.15, 0.2) is 54.6 Å². The SMILES string of the molecule is C.COc1ccc2c(c1)c1c(n2CO)CN2CCc3cc(OC)c(OCc4ccc(F)cc4)cc3C2C1. The number of rotatable bonds is 6. The molecular formula is C30H33FN2O4. The first-order chi connectivity index (χ1) is 17.6. The summed E-state index contributed by atoms with van der Waals surface area (Å²) >= 11 is 0. The van der Waals surface area contributed by atoms with Gasteiger partial charge >= 0.3 is 0 Å². The predicted octanol–water partition coefficient (Wildman–Crippen LogP) is 5.62. The zero-order valence-electron chi connectivity index (χ0n) is 20.5. The molecule has 0 fully saturated rings. The number of aliphatic hydroxyl groups excluding tert-OH is 1. The Balaban J connectivity index is 0.00000280. The normalized spacial score (nSPS) is 16.4. The molecule has 0 bridgehead atoms. The molecule has 0 spiro atoms. The quantitative estimate of drug-likeness (QED) is 0.370. The van der Waals surface area contributed by atoms with Gasteiger partial charge in [0.25, 0.3) is 0 Å². The Labute approximate surface area is 216 Å². The van der Waals surface area contributed by atoms with Crippen molar-refractivity contribution in [1.29, 1.82) is 0 Å². The third-order valence-corrected chi connectivity index (χ3v) is 7.59. The molecule has 1 N–H and O–H groups in total. The van der Waals surface area contributed by atoms with Crippen LogP contribution in [0.3, 0.4) is 0 Å². The van der Waals surface area contributed by atoms with Gasteiger partial charge < -0.3 is 23.9 Å². The van der Waals surface area contributed by atoms with Crippen molar-refractivity contribution >= 4 is 10.9 Å². The molecule has 0 amide bonds. The van der Waals surface area contributed by atoms with E-state index in [-0.39, 0.29) is 26.0 Å². The van der Waals surface area contributed by atoms with E-state index in [9.17, 15) is 9.50 Å². The molecule has 37 heavy (non-hydrogen) atoms. The van der Waals surface area contributed by atoms with Crippen LogP contribution in [0.1, 0.15) is 41.4 Å². The van der Waals surface area contributed by atoms with Gasteiger partial charge in [-0.15, -0.1) is 0 Å². The highest BCUT2D eigenvalue weighted by atomic mass is 19.1. The molecule has 3 aromatic carbocycles. The Morgan fingerprint density at radius 1 is 1.00 bits per heavy atom. The molecule has 1 atom stereocenters. The number of aliphatic hydroxyl groups is 1. The standard InChI is InChI=1S/C29H29FN2O4.CH4/c1-34-21-7-8-25-23(12-21)24-13-26-22-14-29(36-16-18-3-5-20(30)6-4-18)28(35-2)11-19(22)9-10-31(26)15-27(24)32(25)17-33;/h3-8,11-12,14,26,33H,9-10,13,15-17H2,1-2H3;1H4. The number of hydrogen-bond donors (Lipinski definition) is 1. The molecule has 7 heteroatoms. The summed E-state index contributed by atoms with van der Waals surface area (Å²) in [4.78, 5) is 2.49. The second kappa shape index (κ2) is 10.1. The first-order valence-corrected chi connectivity index (χ1v) is 12.2. The molecule has 0 saturated heterocycles. The summed E-state index contributed by atoms with van der Waals surface area (Å²) in [7, 11) is 3.34. The van der Waals surface area contributed by atoms with Gasteiger partial charge in [-0.05, 0) is 77.6 Å². The van der Waals surface area contributed by atoms with Crippen molar-refractivity contribution in [2.24, 2.45) is 0 Å². The maximum atomic E-state index is 13.3. The maximum absolute atomic E-state index is 13.3. The lowest BCUT2D eigenvalue weighted by molar-refractivity contribution is 0.145. The maximum Gasteiger partial charge on any atom is 0.162 e. The minimum Gasteiger partial charge on any atom is -0.497 e. The largest absolute Gasteiger partial charge is 0.497 e. The van der Waals surface area contributed by atoms with E-state index in [1.54, 1.807) is 26.4 Å². The Morgan fingerprint density at radius 2 is 1.81 bits per heavy atom. The van der Waals surface area contributed by atoms with E-state index in [0.717, 1.165) is 48.1 Å². The highest BCUT2D eigenvalue weighted by molar-refractivity contribution is 5.87. The van der Waals surface area contributed by atoms with E-state index in [2.05, 4.69) is 23.1 Å². The van der Waals surface area contributed by atoms with E-state index in [0.29, 0.717) is 18.1 Å². The summed E-state index contributed by atoms with van der Waals surface area (Å²) in [6.45, 7) is 1.99. The zero-order chi connectivity index (χ0) is 24.8. The summed E-state index contributed by atoms with van der Waals surface area (Å²) in [5.41, 5.74) is 6.87. The molecule has 3 heterocycles. The van der Waals surface area contributed by atoms with Crippen LogP contribution in [0, 0.1) is 5.82 Å². The van der Waals surface area contributed by atoms with Gasteiger partial charge in [-0.25, -0.2) is 4.39 Å². The van der Waals surface area contributed by atoms with E-state index in [1.165, 1.54) is 34.5 Å². The fraction of sp³-hybridized carbons (Fsp3) is 0.333. The summed E-state index contributed by atoms with van der Waals surface area (Å²) in [6.07, 6.45) is 1.76. The van der Waals surface area contributed by atoms with Crippen molar-refractivity contribution in [2.75, 3.05) is 20.8 Å². The summed E-state index contributed by atoms with van der Waals surface area (Å²) in [5.74, 6) is 1.95. The topological polar surface area (TPSA) is 56.1 Å². The van der Waals surface area contributed by atoms with Crippen LogP contribution < -0.4 is 14.2 Å². The van der Waals surface area contributed by atoms with Crippen molar-refractivity contribution in [3.05, 3.63) is 88.4 Å². The average molecular weight is 505 g/mol. The number of aromatic nitrogens is 1. The first-order valence-electron chi connectivity index (χ1n) is 12.2. The van der Waals surface area contributed by atoms with Gasteiger partial charge in [-0.2, -0.15) is 0 Å². The van der Waals surface area contributed by atoms with Crippen LogP contribution in [-0.2, 0) is 32.7 Å². The van der Waals surface area contributed by atoms with Gasteiger partial charge in [0.2, 0.25) is 0 Å². The Bertz CT molecular complexity index is 1430. The molecular weight excluding hydrogens is 471 g/mol. The van der Waals surface area contributed by atoms with Crippen LogP contribution in [0.2, 0.25) is 0 Å². The molecule has 0 radical (unpaired) electrons. The second-order valence-electron chi connectivity index (χ2n) is 9.44. The van der Waals surface area contributed by atoms with Crippen LogP contribution in [0.5, 0.6) is 17.2 Å². The van der Waals surface area contributed by atoms with Gasteiger partial charge in [0, 0.05) is 30.2 Å². The minimum absolute atomic E-state index is 0. The van der Waals surface area contributed by atoms with Crippen LogP contribution in [0.25, 0.3) is 10.9 Å². The minimum atomic E-state index is -0.262. The van der Waals surface area contributed by atoms with Crippen molar-refractivity contribution in [2.45, 2.75) is 46.2 Å². The Hall–Kier alpha value is -3.55. The number of halogens is 1. The molecule has 1 unspecified atom stereocenters. The van der Waals surface area contributed by atoms with Gasteiger partial charge in [0.05, 0.1) is 19.7 Å². The monoisotopic (exact) mass is 504 g/mol. The fourth-order valence-corrected chi connectivity index (χ4v) is 5.74. The van der Waals surface area contributed by atoms with Crippen molar-refractivity contribution in [3.63, 3.8) is 0 Å². The molecule has 6 nitrogen and oxygen atoms in total. The smallest absolute Gasteiger partial charge is 0.162 e. The molecule has 1 aromatic heterocycles. The molecule has 2 aliphatic heterocycles. The van der Waals surface area contributed by atoms with E-state index in [4.69, 9.17) is 14.2 Å². The van der Waals surface area contributed by atoms with Crippen molar-refractivity contribution < 1.29 is 23.7 Å². The third-order valence-electron chi connectivity index (χ3n) is 7.59. The lowest BCUT2D eigenvalue weighted by Gasteiger charge is -2.41. The summed E-state index contributed by atoms with van der Waals surface area (Å²) < 4.78 is 32.6. The van der Waals surface area contributed by atoms with Crippen LogP contribution in [-0.4, -0.2) is 35.3 Å². The third kappa shape index (κ3) is 4.32. The van der Waals surface area contributed by atoms with E-state index in [1.807, 2.05) is 16.7 Å². The van der Waals surface area contributed by atoms with Gasteiger partial charge in [0.15, 0.2) is 11.5 Å². The van der Waals surface area contributed by atoms with Gasteiger partial charge in [-0.1, -0.05) is 19.6 Å². The van der Waals surface area contributed by atoms with Gasteiger partial charge in [0.1, 0.15) is 24.9 Å². The molecule has 4 aromatic rings. The van der Waals surface area contributed by atoms with Crippen molar-refractivity contribution in [1.82, 2.24) is 9.47 Å². The summed E-state index contributed by atoms with van der Waals surface area (Å²) in [6, 6.07) is 16.8. The number of hydrogen-bond acceptors (Lipinski definition) is 5. The molecule has 6 rings (SSSR count). The molecule has 0 saturated carbocycles. The van der Waals surface area contributed by atoms with Crippen LogP contribution >= 0.6 is 0 Å². The van der Waals surface area contributed by atoms with Crippen molar-refractivity contribution in [3.8, 4) is 17.2 Å². The number of nitrogens with zero attached hydrogens (tertiary/aromatic N) is 2. The highest BCUT2D eigenvalue weighted by Gasteiger charge is 2.36. The van der Waals surface area contributed by atoms with Crippen LogP contribution in [0.4, 0.5) is 4.39 Å². The zero-order valence-corrected chi connectivity index (χ0v) is 20.5. The predicted molar refractivity (Wildman–Crippen MR) is 142 cm³/mol. The number of benzene rings is 3. The first kappa shape index (κ1) is 25.1. The average Bonchev–Trinajstić information content (AvgIpc) is 3.22. The summed E-state index contributed by atoms with van der Waals surface area (Å²) in [5, 5.41) is 11.3. The second-order valence-corrected chi connectivity index (χ2v) is 9.44. The van der Waals surface area contributed by atoms with Gasteiger partial charge in [-0.3, -0.25) is 4.90 Å². The van der Waals surface area contributed by atoms with E-state index >= 15 is 0 Å².